The number of unbranched alkanes of at least 4 members (excludes halogenated alkanes) is 64. The van der Waals surface area contributed by atoms with Crippen LogP contribution in [-0.2, 0) is 14.3 Å². The van der Waals surface area contributed by atoms with Crippen LogP contribution in [0, 0.1) is 0 Å². The van der Waals surface area contributed by atoms with Crippen molar-refractivity contribution in [3.8, 4) is 0 Å². The monoisotopic (exact) mass is 1230 g/mol. The molecule has 6 heteroatoms. The van der Waals surface area contributed by atoms with Crippen molar-refractivity contribution in [2.24, 2.45) is 0 Å². The van der Waals surface area contributed by atoms with E-state index in [9.17, 15) is 19.8 Å². The van der Waals surface area contributed by atoms with Gasteiger partial charge in [-0.05, 0) is 51.4 Å². The zero-order chi connectivity index (χ0) is 62.8. The van der Waals surface area contributed by atoms with E-state index in [1.807, 2.05) is 0 Å². The van der Waals surface area contributed by atoms with E-state index in [0.717, 1.165) is 44.9 Å². The lowest BCUT2D eigenvalue weighted by atomic mass is 10.0. The van der Waals surface area contributed by atoms with Gasteiger partial charge < -0.3 is 20.3 Å². The molecule has 1 amide bonds. The smallest absolute Gasteiger partial charge is 0.305 e. The van der Waals surface area contributed by atoms with Crippen LogP contribution < -0.4 is 5.32 Å². The molecule has 0 fully saturated rings. The van der Waals surface area contributed by atoms with Crippen LogP contribution in [0.4, 0.5) is 0 Å². The van der Waals surface area contributed by atoms with Crippen molar-refractivity contribution in [1.82, 2.24) is 5.32 Å². The Labute approximate surface area is 546 Å². The van der Waals surface area contributed by atoms with Gasteiger partial charge in [-0.15, -0.1) is 0 Å². The molecule has 0 aliphatic rings. The van der Waals surface area contributed by atoms with Crippen molar-refractivity contribution in [3.05, 3.63) is 12.2 Å². The number of carbonyl (C=O) groups excluding carboxylic acids is 2. The van der Waals surface area contributed by atoms with Crippen LogP contribution >= 0.6 is 0 Å². The second kappa shape index (κ2) is 77.1. The minimum Gasteiger partial charge on any atom is -0.466 e. The molecule has 0 rings (SSSR count). The van der Waals surface area contributed by atoms with Crippen molar-refractivity contribution in [2.75, 3.05) is 13.2 Å². The minimum atomic E-state index is -0.662. The van der Waals surface area contributed by atoms with Crippen molar-refractivity contribution >= 4 is 11.9 Å². The van der Waals surface area contributed by atoms with Crippen molar-refractivity contribution in [1.29, 1.82) is 0 Å². The van der Waals surface area contributed by atoms with E-state index in [-0.39, 0.29) is 18.5 Å². The third kappa shape index (κ3) is 73.5. The molecule has 2 unspecified atom stereocenters. The van der Waals surface area contributed by atoms with E-state index >= 15 is 0 Å². The number of carbonyl (C=O) groups is 2. The highest BCUT2D eigenvalue weighted by molar-refractivity contribution is 5.76. The molecule has 0 aromatic heterocycles. The molecule has 0 radical (unpaired) electrons. The van der Waals surface area contributed by atoms with E-state index in [1.165, 1.54) is 392 Å². The number of hydrogen-bond donors (Lipinski definition) is 3. The lowest BCUT2D eigenvalue weighted by molar-refractivity contribution is -0.143. The first-order chi connectivity index (χ1) is 43.0. The zero-order valence-electron chi connectivity index (χ0n) is 59.5. The van der Waals surface area contributed by atoms with Crippen LogP contribution in [0.1, 0.15) is 470 Å². The largest absolute Gasteiger partial charge is 0.466 e. The van der Waals surface area contributed by atoms with Gasteiger partial charge in [0.2, 0.25) is 5.91 Å². The van der Waals surface area contributed by atoms with Crippen LogP contribution in [0.3, 0.4) is 0 Å². The van der Waals surface area contributed by atoms with Crippen LogP contribution in [0.15, 0.2) is 12.2 Å². The van der Waals surface area contributed by atoms with Gasteiger partial charge in [0.15, 0.2) is 0 Å². The predicted octanol–water partition coefficient (Wildman–Crippen LogP) is 26.7. The van der Waals surface area contributed by atoms with Crippen LogP contribution in [0.2, 0.25) is 0 Å². The van der Waals surface area contributed by atoms with E-state index in [4.69, 9.17) is 4.74 Å². The summed E-state index contributed by atoms with van der Waals surface area (Å²) in [5, 5.41) is 23.5. The molecule has 0 spiro atoms. The quantitative estimate of drug-likeness (QED) is 0.0320. The summed E-state index contributed by atoms with van der Waals surface area (Å²) in [6.45, 7) is 5.00. The highest BCUT2D eigenvalue weighted by Gasteiger charge is 2.20. The third-order valence-electron chi connectivity index (χ3n) is 19.3. The predicted molar refractivity (Wildman–Crippen MR) is 384 cm³/mol. The lowest BCUT2D eigenvalue weighted by Crippen LogP contribution is -2.45. The van der Waals surface area contributed by atoms with Crippen LogP contribution in [0.25, 0.3) is 0 Å². The van der Waals surface area contributed by atoms with Gasteiger partial charge in [-0.3, -0.25) is 9.59 Å². The fourth-order valence-electron chi connectivity index (χ4n) is 13.2. The summed E-state index contributed by atoms with van der Waals surface area (Å²) in [6.07, 6.45) is 97.4. The summed E-state index contributed by atoms with van der Waals surface area (Å²) >= 11 is 0. The number of aliphatic hydroxyl groups excluding tert-OH is 2. The first-order valence-electron chi connectivity index (χ1n) is 40.4. The Morgan fingerprint density at radius 2 is 0.540 bits per heavy atom. The summed E-state index contributed by atoms with van der Waals surface area (Å²) < 4.78 is 5.50. The Balaban J connectivity index is 3.33. The molecule has 0 aromatic carbocycles. The molecule has 0 bridgehead atoms. The van der Waals surface area contributed by atoms with Gasteiger partial charge in [-0.2, -0.15) is 0 Å². The highest BCUT2D eigenvalue weighted by atomic mass is 16.5. The number of rotatable bonds is 77. The maximum absolute atomic E-state index is 12.6. The summed E-state index contributed by atoms with van der Waals surface area (Å²) in [7, 11) is 0. The molecular formula is C81H159NO5. The molecule has 0 aliphatic heterocycles. The molecule has 6 nitrogen and oxygen atoms in total. The van der Waals surface area contributed by atoms with Crippen molar-refractivity contribution in [2.45, 2.75) is 482 Å². The normalized spacial score (nSPS) is 12.5. The Hall–Kier alpha value is -1.40. The standard InChI is InChI=1S/C81H159NO5/c1-3-5-7-9-11-13-15-17-19-20-21-22-23-33-36-39-42-46-49-53-57-61-65-69-73-79(84)78(77-83)82-80(85)74-70-66-62-58-54-50-47-43-40-37-34-31-29-27-25-24-26-28-30-32-35-38-41-44-48-52-56-60-64-68-72-76-87-81(86)75-71-67-63-59-55-51-45-18-16-14-12-10-8-6-4-2/h18,45,78-79,83-84H,3-17,19-44,46-77H2,1-2H3,(H,82,85)/b45-18-. The number of allylic oxidation sites excluding steroid dienone is 2. The third-order valence-corrected chi connectivity index (χ3v) is 19.3. The van der Waals surface area contributed by atoms with Crippen LogP contribution in [0.5, 0.6) is 0 Å². The highest BCUT2D eigenvalue weighted by Crippen LogP contribution is 2.21. The summed E-state index contributed by atoms with van der Waals surface area (Å²) in [5.74, 6) is -0.0104. The lowest BCUT2D eigenvalue weighted by Gasteiger charge is -2.22. The van der Waals surface area contributed by atoms with E-state index in [0.29, 0.717) is 25.9 Å². The number of aliphatic hydroxyl groups is 2. The molecular weight excluding hydrogens is 1070 g/mol. The number of ether oxygens (including phenoxy) is 1. The molecule has 0 saturated carbocycles. The van der Waals surface area contributed by atoms with E-state index in [2.05, 4.69) is 31.3 Å². The van der Waals surface area contributed by atoms with Crippen molar-refractivity contribution in [3.63, 3.8) is 0 Å². The Morgan fingerprint density at radius 3 is 0.816 bits per heavy atom. The van der Waals surface area contributed by atoms with Gasteiger partial charge in [0.25, 0.3) is 0 Å². The van der Waals surface area contributed by atoms with Gasteiger partial charge in [-0.25, -0.2) is 0 Å². The summed E-state index contributed by atoms with van der Waals surface area (Å²) in [4.78, 5) is 24.7. The number of esters is 1. The first kappa shape index (κ1) is 85.6. The topological polar surface area (TPSA) is 95.9 Å². The molecule has 0 heterocycles. The van der Waals surface area contributed by atoms with E-state index < -0.39 is 12.1 Å². The maximum atomic E-state index is 12.6. The molecule has 87 heavy (non-hydrogen) atoms. The second-order valence-electron chi connectivity index (χ2n) is 28.1. The average molecular weight is 1230 g/mol. The zero-order valence-corrected chi connectivity index (χ0v) is 59.5. The molecule has 3 N–H and O–H groups in total. The summed E-state index contributed by atoms with van der Waals surface area (Å²) in [5.41, 5.74) is 0. The Morgan fingerprint density at radius 1 is 0.310 bits per heavy atom. The fraction of sp³-hybridized carbons (Fsp3) is 0.951. The van der Waals surface area contributed by atoms with Gasteiger partial charge >= 0.3 is 5.97 Å². The number of nitrogens with one attached hydrogen (secondary N) is 1. The van der Waals surface area contributed by atoms with Crippen LogP contribution in [-0.4, -0.2) is 47.4 Å². The first-order valence-corrected chi connectivity index (χ1v) is 40.4. The molecule has 518 valence electrons. The Kier molecular flexibility index (Phi) is 75.8. The summed E-state index contributed by atoms with van der Waals surface area (Å²) in [6, 6.07) is -0.539. The van der Waals surface area contributed by atoms with Crippen molar-refractivity contribution < 1.29 is 24.5 Å². The average Bonchev–Trinajstić information content (AvgIpc) is 3.53. The van der Waals surface area contributed by atoms with Gasteiger partial charge in [0.05, 0.1) is 25.4 Å². The fourth-order valence-corrected chi connectivity index (χ4v) is 13.2. The van der Waals surface area contributed by atoms with Gasteiger partial charge in [-0.1, -0.05) is 418 Å². The van der Waals surface area contributed by atoms with E-state index in [1.54, 1.807) is 0 Å². The second-order valence-corrected chi connectivity index (χ2v) is 28.1. The Bertz CT molecular complexity index is 1320. The molecule has 0 aromatic rings. The molecule has 0 aliphatic carbocycles. The molecule has 2 atom stereocenters. The number of amides is 1. The minimum absolute atomic E-state index is 0.0141. The van der Waals surface area contributed by atoms with Gasteiger partial charge in [0, 0.05) is 12.8 Å². The maximum Gasteiger partial charge on any atom is 0.305 e. The molecule has 0 saturated heterocycles. The SMILES string of the molecule is CCCCCCCC/C=C\CCCCCCCC(=O)OCCCCCCCCCCCCCCCCCCCCCCCCCCCCCCCCCC(=O)NC(CO)C(O)CCCCCCCCCCCCCCCCCCCCCCCCCC. The van der Waals surface area contributed by atoms with Gasteiger partial charge in [0.1, 0.15) is 0 Å². The number of hydrogen-bond acceptors (Lipinski definition) is 5.